The Bertz CT molecular complexity index is 594. The monoisotopic (exact) mass is 262 g/mol. The van der Waals surface area contributed by atoms with E-state index in [9.17, 15) is 4.39 Å². The predicted octanol–water partition coefficient (Wildman–Crippen LogP) is 3.50. The second-order valence-electron chi connectivity index (χ2n) is 5.40. The number of hydrogen-bond acceptors (Lipinski definition) is 3. The average Bonchev–Trinajstić information content (AvgIpc) is 3.00. The van der Waals surface area contributed by atoms with Crippen molar-refractivity contribution in [1.29, 1.82) is 0 Å². The summed E-state index contributed by atoms with van der Waals surface area (Å²) in [7, 11) is 0. The summed E-state index contributed by atoms with van der Waals surface area (Å²) >= 11 is 1.64. The largest absolute Gasteiger partial charge is 0.307 e. The first-order chi connectivity index (χ1) is 8.81. The van der Waals surface area contributed by atoms with E-state index >= 15 is 0 Å². The maximum atomic E-state index is 13.2. The third kappa shape index (κ3) is 1.59. The molecule has 4 rings (SSSR count). The van der Waals surface area contributed by atoms with Crippen LogP contribution in [-0.2, 0) is 0 Å². The fourth-order valence-electron chi connectivity index (χ4n) is 3.51. The molecule has 3 atom stereocenters. The van der Waals surface area contributed by atoms with E-state index in [1.165, 1.54) is 25.3 Å². The van der Waals surface area contributed by atoms with E-state index in [1.54, 1.807) is 23.5 Å². The SMILES string of the molecule is Fc1ccc2nc(C3NCC4CCCC43)sc2c1. The first kappa shape index (κ1) is 10.9. The van der Waals surface area contributed by atoms with Gasteiger partial charge in [-0.2, -0.15) is 0 Å². The lowest BCUT2D eigenvalue weighted by molar-refractivity contribution is 0.421. The van der Waals surface area contributed by atoms with Crippen molar-refractivity contribution in [2.75, 3.05) is 6.54 Å². The van der Waals surface area contributed by atoms with Gasteiger partial charge >= 0.3 is 0 Å². The summed E-state index contributed by atoms with van der Waals surface area (Å²) in [6, 6.07) is 5.27. The lowest BCUT2D eigenvalue weighted by atomic mass is 9.94. The number of aromatic nitrogens is 1. The number of nitrogens with one attached hydrogen (secondary N) is 1. The number of rotatable bonds is 1. The quantitative estimate of drug-likeness (QED) is 0.851. The van der Waals surface area contributed by atoms with Gasteiger partial charge in [-0.05, 0) is 49.4 Å². The van der Waals surface area contributed by atoms with Crippen LogP contribution in [0.15, 0.2) is 18.2 Å². The molecule has 0 spiro atoms. The first-order valence-corrected chi connectivity index (χ1v) is 7.42. The van der Waals surface area contributed by atoms with Crippen molar-refractivity contribution < 1.29 is 4.39 Å². The second kappa shape index (κ2) is 4.00. The lowest BCUT2D eigenvalue weighted by Gasteiger charge is -2.14. The smallest absolute Gasteiger partial charge is 0.124 e. The summed E-state index contributed by atoms with van der Waals surface area (Å²) in [6.45, 7) is 1.12. The normalized spacial score (nSPS) is 31.1. The molecule has 1 saturated heterocycles. The van der Waals surface area contributed by atoms with Crippen molar-refractivity contribution >= 4 is 21.6 Å². The van der Waals surface area contributed by atoms with Crippen LogP contribution in [0, 0.1) is 17.7 Å². The number of fused-ring (bicyclic) bond motifs is 2. The van der Waals surface area contributed by atoms with E-state index in [0.29, 0.717) is 6.04 Å². The molecule has 18 heavy (non-hydrogen) atoms. The van der Waals surface area contributed by atoms with Gasteiger partial charge < -0.3 is 5.32 Å². The third-order valence-electron chi connectivity index (χ3n) is 4.38. The van der Waals surface area contributed by atoms with Gasteiger partial charge in [0.15, 0.2) is 0 Å². The Labute approximate surface area is 109 Å². The third-order valence-corrected chi connectivity index (χ3v) is 5.48. The van der Waals surface area contributed by atoms with Gasteiger partial charge in [0.25, 0.3) is 0 Å². The van der Waals surface area contributed by atoms with E-state index in [4.69, 9.17) is 0 Å². The van der Waals surface area contributed by atoms with Crippen LogP contribution in [0.2, 0.25) is 0 Å². The summed E-state index contributed by atoms with van der Waals surface area (Å²) in [5.74, 6) is 1.41. The van der Waals surface area contributed by atoms with Gasteiger partial charge in [-0.15, -0.1) is 11.3 Å². The maximum absolute atomic E-state index is 13.2. The number of hydrogen-bond donors (Lipinski definition) is 1. The van der Waals surface area contributed by atoms with Crippen LogP contribution in [0.5, 0.6) is 0 Å². The molecule has 0 bridgehead atoms. The Balaban J connectivity index is 1.74. The van der Waals surface area contributed by atoms with E-state index in [2.05, 4.69) is 10.3 Å². The highest BCUT2D eigenvalue weighted by Crippen LogP contribution is 2.45. The molecule has 1 N–H and O–H groups in total. The molecule has 1 aliphatic heterocycles. The molecular weight excluding hydrogens is 247 g/mol. The average molecular weight is 262 g/mol. The van der Waals surface area contributed by atoms with Crippen molar-refractivity contribution in [2.45, 2.75) is 25.3 Å². The van der Waals surface area contributed by atoms with Gasteiger partial charge in [0, 0.05) is 0 Å². The predicted molar refractivity (Wildman–Crippen MR) is 71.2 cm³/mol. The highest BCUT2D eigenvalue weighted by atomic mass is 32.1. The Morgan fingerprint density at radius 1 is 1.33 bits per heavy atom. The molecule has 2 nitrogen and oxygen atoms in total. The molecule has 94 valence electrons. The Morgan fingerprint density at radius 3 is 3.22 bits per heavy atom. The molecule has 2 aromatic rings. The minimum atomic E-state index is -0.171. The molecule has 1 aromatic carbocycles. The number of nitrogens with zero attached hydrogens (tertiary/aromatic N) is 1. The lowest BCUT2D eigenvalue weighted by Crippen LogP contribution is -2.17. The minimum Gasteiger partial charge on any atom is -0.307 e. The highest BCUT2D eigenvalue weighted by molar-refractivity contribution is 7.18. The fourth-order valence-corrected chi connectivity index (χ4v) is 4.65. The van der Waals surface area contributed by atoms with E-state index in [1.807, 2.05) is 0 Å². The number of thiazole rings is 1. The van der Waals surface area contributed by atoms with Crippen molar-refractivity contribution in [3.63, 3.8) is 0 Å². The van der Waals surface area contributed by atoms with Crippen LogP contribution in [0.25, 0.3) is 10.2 Å². The fraction of sp³-hybridized carbons (Fsp3) is 0.500. The molecule has 2 aliphatic rings. The standard InChI is InChI=1S/C14H15FN2S/c15-9-4-5-11-12(6-9)18-14(17-11)13-10-3-1-2-8(10)7-16-13/h4-6,8,10,13,16H,1-3,7H2. The van der Waals surface area contributed by atoms with Crippen LogP contribution in [0.3, 0.4) is 0 Å². The molecular formula is C14H15FN2S. The van der Waals surface area contributed by atoms with Crippen molar-refractivity contribution in [3.05, 3.63) is 29.0 Å². The zero-order valence-corrected chi connectivity index (χ0v) is 10.8. The van der Waals surface area contributed by atoms with Crippen molar-refractivity contribution in [2.24, 2.45) is 11.8 Å². The molecule has 3 unspecified atom stereocenters. The topological polar surface area (TPSA) is 24.9 Å². The molecule has 2 fully saturated rings. The summed E-state index contributed by atoms with van der Waals surface area (Å²) in [5.41, 5.74) is 0.930. The van der Waals surface area contributed by atoms with E-state index in [-0.39, 0.29) is 5.82 Å². The number of halogens is 1. The second-order valence-corrected chi connectivity index (χ2v) is 6.47. The molecule has 0 amide bonds. The van der Waals surface area contributed by atoms with Gasteiger partial charge in [-0.25, -0.2) is 9.37 Å². The van der Waals surface area contributed by atoms with Gasteiger partial charge in [0.05, 0.1) is 16.3 Å². The molecule has 1 saturated carbocycles. The van der Waals surface area contributed by atoms with Gasteiger partial charge in [-0.1, -0.05) is 6.42 Å². The van der Waals surface area contributed by atoms with Crippen LogP contribution in [0.1, 0.15) is 30.3 Å². The van der Waals surface area contributed by atoms with Crippen LogP contribution < -0.4 is 5.32 Å². The highest BCUT2D eigenvalue weighted by Gasteiger charge is 2.40. The van der Waals surface area contributed by atoms with E-state index in [0.717, 1.165) is 33.6 Å². The Hall–Kier alpha value is -1.00. The van der Waals surface area contributed by atoms with Gasteiger partial charge in [0.2, 0.25) is 0 Å². The van der Waals surface area contributed by atoms with E-state index < -0.39 is 0 Å². The minimum absolute atomic E-state index is 0.171. The molecule has 0 radical (unpaired) electrons. The summed E-state index contributed by atoms with van der Waals surface area (Å²) < 4.78 is 14.2. The van der Waals surface area contributed by atoms with Crippen LogP contribution in [0.4, 0.5) is 4.39 Å². The van der Waals surface area contributed by atoms with Gasteiger partial charge in [0.1, 0.15) is 10.8 Å². The summed E-state index contributed by atoms with van der Waals surface area (Å²) in [6.07, 6.45) is 4.02. The maximum Gasteiger partial charge on any atom is 0.124 e. The molecule has 2 heterocycles. The first-order valence-electron chi connectivity index (χ1n) is 6.60. The zero-order valence-electron chi connectivity index (χ0n) is 10.0. The van der Waals surface area contributed by atoms with Gasteiger partial charge in [-0.3, -0.25) is 0 Å². The van der Waals surface area contributed by atoms with Crippen LogP contribution in [-0.4, -0.2) is 11.5 Å². The number of benzene rings is 1. The Kier molecular flexibility index (Phi) is 2.42. The molecule has 4 heteroatoms. The summed E-state index contributed by atoms with van der Waals surface area (Å²) in [5, 5.41) is 4.75. The summed E-state index contributed by atoms with van der Waals surface area (Å²) in [4.78, 5) is 4.69. The van der Waals surface area contributed by atoms with Crippen molar-refractivity contribution in [1.82, 2.24) is 10.3 Å². The molecule has 1 aromatic heterocycles. The van der Waals surface area contributed by atoms with Crippen molar-refractivity contribution in [3.8, 4) is 0 Å². The Morgan fingerprint density at radius 2 is 2.28 bits per heavy atom. The molecule has 1 aliphatic carbocycles. The van der Waals surface area contributed by atoms with Crippen LogP contribution >= 0.6 is 11.3 Å². The zero-order chi connectivity index (χ0) is 12.1.